The van der Waals surface area contributed by atoms with Gasteiger partial charge in [-0.25, -0.2) is 0 Å². The fourth-order valence-corrected chi connectivity index (χ4v) is 2.08. The van der Waals surface area contributed by atoms with Crippen molar-refractivity contribution in [2.45, 2.75) is 18.4 Å². The van der Waals surface area contributed by atoms with Crippen molar-refractivity contribution >= 4 is 0 Å². The van der Waals surface area contributed by atoms with Gasteiger partial charge in [-0.2, -0.15) is 0 Å². The van der Waals surface area contributed by atoms with Crippen LogP contribution in [-0.4, -0.2) is 50.5 Å². The summed E-state index contributed by atoms with van der Waals surface area (Å²) in [6.45, 7) is 4.77. The maximum Gasteiger partial charge on any atom is 0.0853 e. The Balaban J connectivity index is 1.97. The molecule has 2 aliphatic heterocycles. The lowest BCUT2D eigenvalue weighted by Gasteiger charge is -2.43. The number of rotatable bonds is 0. The van der Waals surface area contributed by atoms with Crippen molar-refractivity contribution in [2.75, 3.05) is 40.0 Å². The largest absolute Gasteiger partial charge is 0.381 e. The number of ether oxygens (including phenoxy) is 2. The van der Waals surface area contributed by atoms with Crippen molar-refractivity contribution in [1.82, 2.24) is 4.90 Å². The molecular weight excluding hydrogens is 154 g/mol. The van der Waals surface area contributed by atoms with Crippen molar-refractivity contribution in [3.8, 4) is 0 Å². The number of morpholine rings is 1. The average Bonchev–Trinajstić information content (AvgIpc) is 2.05. The zero-order chi connectivity index (χ0) is 8.44. The Kier molecular flexibility index (Phi) is 2.35. The van der Waals surface area contributed by atoms with E-state index in [-0.39, 0.29) is 5.60 Å². The predicted molar refractivity (Wildman–Crippen MR) is 46.2 cm³/mol. The molecule has 3 heteroatoms. The standard InChI is InChI=1S/C9H17NO2/c1-10-4-7-12-9(8-10)2-5-11-6-3-9/h2-8H2,1H3. The second kappa shape index (κ2) is 3.32. The molecule has 0 bridgehead atoms. The molecule has 0 aromatic heterocycles. The SMILES string of the molecule is CN1CCOC2(CCOCC2)C1. The Morgan fingerprint density at radius 2 is 1.92 bits per heavy atom. The number of hydrogen-bond donors (Lipinski definition) is 0. The molecule has 1 spiro atoms. The van der Waals surface area contributed by atoms with Crippen LogP contribution in [0.2, 0.25) is 0 Å². The van der Waals surface area contributed by atoms with Crippen molar-refractivity contribution in [1.29, 1.82) is 0 Å². The number of hydrogen-bond acceptors (Lipinski definition) is 3. The zero-order valence-corrected chi connectivity index (χ0v) is 7.71. The summed E-state index contributed by atoms with van der Waals surface area (Å²) >= 11 is 0. The summed E-state index contributed by atoms with van der Waals surface area (Å²) in [4.78, 5) is 2.36. The van der Waals surface area contributed by atoms with Crippen LogP contribution in [0.15, 0.2) is 0 Å². The van der Waals surface area contributed by atoms with Crippen LogP contribution in [-0.2, 0) is 9.47 Å². The lowest BCUT2D eigenvalue weighted by Crippen LogP contribution is -2.53. The average molecular weight is 171 g/mol. The van der Waals surface area contributed by atoms with Crippen molar-refractivity contribution in [2.24, 2.45) is 0 Å². The molecule has 2 heterocycles. The molecule has 0 N–H and O–H groups in total. The van der Waals surface area contributed by atoms with Gasteiger partial charge >= 0.3 is 0 Å². The highest BCUT2D eigenvalue weighted by Crippen LogP contribution is 2.28. The van der Waals surface area contributed by atoms with Gasteiger partial charge < -0.3 is 14.4 Å². The highest BCUT2D eigenvalue weighted by atomic mass is 16.5. The van der Waals surface area contributed by atoms with E-state index in [4.69, 9.17) is 9.47 Å². The molecule has 0 radical (unpaired) electrons. The van der Waals surface area contributed by atoms with E-state index in [0.29, 0.717) is 0 Å². The normalized spacial score (nSPS) is 30.8. The van der Waals surface area contributed by atoms with Crippen LogP contribution in [0.25, 0.3) is 0 Å². The Morgan fingerprint density at radius 1 is 1.17 bits per heavy atom. The van der Waals surface area contributed by atoms with Crippen LogP contribution in [0.4, 0.5) is 0 Å². The third kappa shape index (κ3) is 1.63. The molecule has 2 saturated heterocycles. The van der Waals surface area contributed by atoms with E-state index in [0.717, 1.165) is 45.8 Å². The van der Waals surface area contributed by atoms with Gasteiger partial charge in [0.25, 0.3) is 0 Å². The highest BCUT2D eigenvalue weighted by Gasteiger charge is 2.36. The topological polar surface area (TPSA) is 21.7 Å². The molecule has 3 nitrogen and oxygen atoms in total. The maximum absolute atomic E-state index is 5.86. The van der Waals surface area contributed by atoms with Crippen molar-refractivity contribution in [3.63, 3.8) is 0 Å². The molecular formula is C9H17NO2. The minimum absolute atomic E-state index is 0.130. The molecule has 0 amide bonds. The first-order chi connectivity index (χ1) is 5.81. The van der Waals surface area contributed by atoms with Crippen LogP contribution < -0.4 is 0 Å². The summed E-state index contributed by atoms with van der Waals surface area (Å²) in [6.07, 6.45) is 2.13. The van der Waals surface area contributed by atoms with Gasteiger partial charge in [-0.3, -0.25) is 0 Å². The summed E-state index contributed by atoms with van der Waals surface area (Å²) < 4.78 is 11.2. The molecule has 2 aliphatic rings. The summed E-state index contributed by atoms with van der Waals surface area (Å²) in [5.41, 5.74) is 0.130. The minimum Gasteiger partial charge on any atom is -0.381 e. The molecule has 0 saturated carbocycles. The smallest absolute Gasteiger partial charge is 0.0853 e. The molecule has 0 unspecified atom stereocenters. The minimum atomic E-state index is 0.130. The third-order valence-electron chi connectivity index (χ3n) is 2.84. The van der Waals surface area contributed by atoms with Gasteiger partial charge in [-0.05, 0) is 7.05 Å². The Hall–Kier alpha value is -0.120. The van der Waals surface area contributed by atoms with Gasteiger partial charge in [-0.1, -0.05) is 0 Å². The van der Waals surface area contributed by atoms with E-state index in [9.17, 15) is 0 Å². The molecule has 12 heavy (non-hydrogen) atoms. The third-order valence-corrected chi connectivity index (χ3v) is 2.84. The zero-order valence-electron chi connectivity index (χ0n) is 7.71. The lowest BCUT2D eigenvalue weighted by molar-refractivity contribution is -0.149. The van der Waals surface area contributed by atoms with E-state index >= 15 is 0 Å². The Morgan fingerprint density at radius 3 is 2.58 bits per heavy atom. The van der Waals surface area contributed by atoms with Crippen LogP contribution >= 0.6 is 0 Å². The van der Waals surface area contributed by atoms with Gasteiger partial charge in [0.1, 0.15) is 0 Å². The molecule has 0 aromatic carbocycles. The quantitative estimate of drug-likeness (QED) is 0.529. The van der Waals surface area contributed by atoms with Gasteiger partial charge in [-0.15, -0.1) is 0 Å². The second-order valence-electron chi connectivity index (χ2n) is 3.88. The van der Waals surface area contributed by atoms with Crippen molar-refractivity contribution in [3.05, 3.63) is 0 Å². The summed E-state index contributed by atoms with van der Waals surface area (Å²) in [5, 5.41) is 0. The molecule has 2 fully saturated rings. The van der Waals surface area contributed by atoms with Gasteiger partial charge in [0.15, 0.2) is 0 Å². The fraction of sp³-hybridized carbons (Fsp3) is 1.00. The summed E-state index contributed by atoms with van der Waals surface area (Å²) in [5.74, 6) is 0. The van der Waals surface area contributed by atoms with Gasteiger partial charge in [0.05, 0.1) is 12.2 Å². The molecule has 0 aromatic rings. The molecule has 70 valence electrons. The Bertz CT molecular complexity index is 149. The van der Waals surface area contributed by atoms with E-state index < -0.39 is 0 Å². The fourth-order valence-electron chi connectivity index (χ4n) is 2.08. The maximum atomic E-state index is 5.86. The van der Waals surface area contributed by atoms with E-state index in [1.807, 2.05) is 0 Å². The molecule has 0 aliphatic carbocycles. The first-order valence-corrected chi connectivity index (χ1v) is 4.71. The van der Waals surface area contributed by atoms with Crippen LogP contribution in [0.1, 0.15) is 12.8 Å². The summed E-state index contributed by atoms with van der Waals surface area (Å²) in [7, 11) is 2.17. The second-order valence-corrected chi connectivity index (χ2v) is 3.88. The lowest BCUT2D eigenvalue weighted by atomic mass is 9.92. The highest BCUT2D eigenvalue weighted by molar-refractivity contribution is 4.88. The summed E-state index contributed by atoms with van der Waals surface area (Å²) in [6, 6.07) is 0. The van der Waals surface area contributed by atoms with Gasteiger partial charge in [0, 0.05) is 39.1 Å². The first kappa shape index (κ1) is 8.48. The first-order valence-electron chi connectivity index (χ1n) is 4.71. The molecule has 2 rings (SSSR count). The monoisotopic (exact) mass is 171 g/mol. The number of likely N-dealkylation sites (N-methyl/N-ethyl adjacent to an activating group) is 1. The predicted octanol–water partition coefficient (Wildman–Crippen LogP) is 0.498. The molecule has 0 atom stereocenters. The van der Waals surface area contributed by atoms with E-state index in [1.165, 1.54) is 0 Å². The van der Waals surface area contributed by atoms with E-state index in [2.05, 4.69) is 11.9 Å². The Labute approximate surface area is 73.6 Å². The number of nitrogens with zero attached hydrogens (tertiary/aromatic N) is 1. The van der Waals surface area contributed by atoms with Crippen LogP contribution in [0, 0.1) is 0 Å². The van der Waals surface area contributed by atoms with Crippen molar-refractivity contribution < 1.29 is 9.47 Å². The van der Waals surface area contributed by atoms with E-state index in [1.54, 1.807) is 0 Å². The van der Waals surface area contributed by atoms with Gasteiger partial charge in [0.2, 0.25) is 0 Å². The van der Waals surface area contributed by atoms with Crippen LogP contribution in [0.3, 0.4) is 0 Å². The van der Waals surface area contributed by atoms with Crippen LogP contribution in [0.5, 0.6) is 0 Å².